The number of nitrogens with one attached hydrogen (secondary N) is 1. The number of thioether (sulfide) groups is 1. The Morgan fingerprint density at radius 3 is 2.48 bits per heavy atom. The van der Waals surface area contributed by atoms with Crippen molar-refractivity contribution in [3.05, 3.63) is 29.8 Å². The molecule has 1 aromatic rings. The Bertz CT molecular complexity index is 652. The molecule has 0 radical (unpaired) electrons. The zero-order valence-corrected chi connectivity index (χ0v) is 15.8. The lowest BCUT2D eigenvalue weighted by Gasteiger charge is -2.20. The number of carbonyl (C=O) groups excluding carboxylic acids is 3. The van der Waals surface area contributed by atoms with Crippen LogP contribution in [0.3, 0.4) is 0 Å². The number of alkyl carbamates (subject to hydrolysis) is 1. The highest BCUT2D eigenvalue weighted by molar-refractivity contribution is 8.14. The molecule has 0 aliphatic carbocycles. The number of hydrogen-bond acceptors (Lipinski definition) is 5. The van der Waals surface area contributed by atoms with Crippen LogP contribution in [-0.2, 0) is 20.9 Å². The van der Waals surface area contributed by atoms with Crippen LogP contribution in [0.25, 0.3) is 0 Å². The van der Waals surface area contributed by atoms with Crippen molar-refractivity contribution in [2.75, 3.05) is 11.4 Å². The van der Waals surface area contributed by atoms with Crippen molar-refractivity contribution in [3.8, 4) is 0 Å². The van der Waals surface area contributed by atoms with Crippen molar-refractivity contribution < 1.29 is 19.1 Å². The lowest BCUT2D eigenvalue weighted by atomic mass is 10.2. The van der Waals surface area contributed by atoms with Crippen LogP contribution in [0.4, 0.5) is 10.5 Å². The molecule has 136 valence electrons. The quantitative estimate of drug-likeness (QED) is 0.888. The Balaban J connectivity index is 1.90. The summed E-state index contributed by atoms with van der Waals surface area (Å²) in [5, 5.41) is 2.74. The van der Waals surface area contributed by atoms with E-state index in [0.717, 1.165) is 11.3 Å². The van der Waals surface area contributed by atoms with Gasteiger partial charge in [-0.05, 0) is 38.5 Å². The molecule has 1 fully saturated rings. The summed E-state index contributed by atoms with van der Waals surface area (Å²) >= 11 is 1.22. The summed E-state index contributed by atoms with van der Waals surface area (Å²) in [6, 6.07) is 7.44. The first kappa shape index (κ1) is 19.3. The minimum Gasteiger partial charge on any atom is -0.444 e. The van der Waals surface area contributed by atoms with Crippen LogP contribution < -0.4 is 10.2 Å². The molecule has 7 heteroatoms. The maximum atomic E-state index is 12.1. The molecule has 1 heterocycles. The van der Waals surface area contributed by atoms with Gasteiger partial charge in [0.25, 0.3) is 0 Å². The topological polar surface area (TPSA) is 75.7 Å². The van der Waals surface area contributed by atoms with Crippen molar-refractivity contribution >= 4 is 34.6 Å². The number of rotatable bonds is 4. The molecule has 1 atom stereocenters. The summed E-state index contributed by atoms with van der Waals surface area (Å²) < 4.78 is 5.19. The second-order valence-electron chi connectivity index (χ2n) is 6.96. The maximum Gasteiger partial charge on any atom is 0.407 e. The van der Waals surface area contributed by atoms with Gasteiger partial charge in [-0.25, -0.2) is 4.79 Å². The molecular weight excluding hydrogens is 340 g/mol. The third kappa shape index (κ3) is 6.08. The summed E-state index contributed by atoms with van der Waals surface area (Å²) in [6.07, 6.45) is -0.0814. The smallest absolute Gasteiger partial charge is 0.407 e. The van der Waals surface area contributed by atoms with Gasteiger partial charge in [-0.1, -0.05) is 23.9 Å². The summed E-state index contributed by atoms with van der Waals surface area (Å²) in [7, 11) is 0. The molecule has 1 aliphatic rings. The SMILES string of the molecule is CC(=O)SC1CC(=O)N(c2ccc(CNC(=O)OC(C)(C)C)cc2)C1. The second kappa shape index (κ2) is 7.91. The molecule has 1 aliphatic heterocycles. The maximum absolute atomic E-state index is 12.1. The minimum absolute atomic E-state index is 0.0125. The number of anilines is 1. The van der Waals surface area contributed by atoms with Gasteiger partial charge in [-0.15, -0.1) is 0 Å². The van der Waals surface area contributed by atoms with Gasteiger partial charge in [0.15, 0.2) is 5.12 Å². The van der Waals surface area contributed by atoms with E-state index in [0.29, 0.717) is 19.5 Å². The van der Waals surface area contributed by atoms with Crippen LogP contribution in [0, 0.1) is 0 Å². The number of carbonyl (C=O) groups is 3. The van der Waals surface area contributed by atoms with E-state index in [2.05, 4.69) is 5.32 Å². The van der Waals surface area contributed by atoms with Crippen LogP contribution in [0.5, 0.6) is 0 Å². The van der Waals surface area contributed by atoms with Crippen LogP contribution in [0.2, 0.25) is 0 Å². The molecule has 1 saturated heterocycles. The first-order valence-corrected chi connectivity index (χ1v) is 9.05. The molecule has 0 aromatic heterocycles. The summed E-state index contributed by atoms with van der Waals surface area (Å²) in [5.41, 5.74) is 1.19. The molecule has 2 amide bonds. The van der Waals surface area contributed by atoms with Crippen molar-refractivity contribution in [2.45, 2.75) is 51.5 Å². The van der Waals surface area contributed by atoms with E-state index >= 15 is 0 Å². The molecule has 0 bridgehead atoms. The average molecular weight is 364 g/mol. The second-order valence-corrected chi connectivity index (χ2v) is 8.44. The first-order valence-electron chi connectivity index (χ1n) is 8.17. The predicted octanol–water partition coefficient (Wildman–Crippen LogP) is 3.10. The van der Waals surface area contributed by atoms with Gasteiger partial charge in [0.05, 0.1) is 0 Å². The normalized spacial score (nSPS) is 17.5. The number of hydrogen-bond donors (Lipinski definition) is 1. The van der Waals surface area contributed by atoms with E-state index in [1.54, 1.807) is 4.90 Å². The lowest BCUT2D eigenvalue weighted by Crippen LogP contribution is -2.32. The Labute approximate surface area is 152 Å². The van der Waals surface area contributed by atoms with E-state index in [9.17, 15) is 14.4 Å². The molecule has 2 rings (SSSR count). The Morgan fingerprint density at radius 2 is 1.92 bits per heavy atom. The van der Waals surface area contributed by atoms with Gasteiger partial charge in [0.2, 0.25) is 5.91 Å². The third-order valence-corrected chi connectivity index (χ3v) is 4.49. The fourth-order valence-corrected chi connectivity index (χ4v) is 3.44. The molecule has 6 nitrogen and oxygen atoms in total. The summed E-state index contributed by atoms with van der Waals surface area (Å²) in [6.45, 7) is 7.85. The van der Waals surface area contributed by atoms with E-state index in [4.69, 9.17) is 4.74 Å². The van der Waals surface area contributed by atoms with Gasteiger partial charge in [0.1, 0.15) is 5.60 Å². The highest BCUT2D eigenvalue weighted by Crippen LogP contribution is 2.28. The first-order chi connectivity index (χ1) is 11.6. The molecule has 1 N–H and O–H groups in total. The zero-order valence-electron chi connectivity index (χ0n) is 15.0. The van der Waals surface area contributed by atoms with Crippen LogP contribution in [0.15, 0.2) is 24.3 Å². The standard InChI is InChI=1S/C18H24N2O4S/c1-12(21)25-15-9-16(22)20(11-15)14-7-5-13(6-8-14)10-19-17(23)24-18(2,3)4/h5-8,15H,9-11H2,1-4H3,(H,19,23). The molecule has 0 saturated carbocycles. The number of ether oxygens (including phenoxy) is 1. The highest BCUT2D eigenvalue weighted by Gasteiger charge is 2.31. The number of benzene rings is 1. The van der Waals surface area contributed by atoms with Gasteiger partial charge in [0, 0.05) is 37.4 Å². The Kier molecular flexibility index (Phi) is 6.11. The van der Waals surface area contributed by atoms with Crippen molar-refractivity contribution in [3.63, 3.8) is 0 Å². The van der Waals surface area contributed by atoms with Crippen LogP contribution in [0.1, 0.15) is 39.7 Å². The van der Waals surface area contributed by atoms with Gasteiger partial charge < -0.3 is 15.0 Å². The van der Waals surface area contributed by atoms with Crippen LogP contribution in [-0.4, -0.2) is 34.5 Å². The number of amides is 2. The van der Waals surface area contributed by atoms with E-state index in [1.807, 2.05) is 45.0 Å². The monoisotopic (exact) mass is 364 g/mol. The van der Waals surface area contributed by atoms with Gasteiger partial charge in [-0.2, -0.15) is 0 Å². The number of nitrogens with zero attached hydrogens (tertiary/aromatic N) is 1. The van der Waals surface area contributed by atoms with Gasteiger partial charge in [-0.3, -0.25) is 9.59 Å². The highest BCUT2D eigenvalue weighted by atomic mass is 32.2. The van der Waals surface area contributed by atoms with Gasteiger partial charge >= 0.3 is 6.09 Å². The molecule has 1 unspecified atom stereocenters. The minimum atomic E-state index is -0.529. The van der Waals surface area contributed by atoms with Crippen molar-refractivity contribution in [2.24, 2.45) is 0 Å². The summed E-state index contributed by atoms with van der Waals surface area (Å²) in [5.74, 6) is 0.0263. The predicted molar refractivity (Wildman–Crippen MR) is 98.5 cm³/mol. The van der Waals surface area contributed by atoms with Crippen LogP contribution >= 0.6 is 11.8 Å². The fourth-order valence-electron chi connectivity index (χ4n) is 2.52. The molecule has 25 heavy (non-hydrogen) atoms. The lowest BCUT2D eigenvalue weighted by molar-refractivity contribution is -0.117. The van der Waals surface area contributed by atoms with E-state index < -0.39 is 11.7 Å². The third-order valence-electron chi connectivity index (χ3n) is 3.51. The molecule has 1 aromatic carbocycles. The van der Waals surface area contributed by atoms with E-state index in [1.165, 1.54) is 18.7 Å². The average Bonchev–Trinajstić information content (AvgIpc) is 2.83. The van der Waals surface area contributed by atoms with Crippen molar-refractivity contribution in [1.82, 2.24) is 5.32 Å². The van der Waals surface area contributed by atoms with E-state index in [-0.39, 0.29) is 16.3 Å². The zero-order chi connectivity index (χ0) is 18.6. The Hall–Kier alpha value is -2.02. The molecule has 0 spiro atoms. The largest absolute Gasteiger partial charge is 0.444 e. The summed E-state index contributed by atoms with van der Waals surface area (Å²) in [4.78, 5) is 36.7. The molecular formula is C18H24N2O4S. The van der Waals surface area contributed by atoms with Crippen molar-refractivity contribution in [1.29, 1.82) is 0 Å². The fraction of sp³-hybridized carbons (Fsp3) is 0.500. The Morgan fingerprint density at radius 1 is 1.28 bits per heavy atom.